The topological polar surface area (TPSA) is 60.4 Å². The summed E-state index contributed by atoms with van der Waals surface area (Å²) in [6.45, 7) is 8.86. The number of nitrogens with zero attached hydrogens (tertiary/aromatic N) is 4. The number of aliphatic imine (C=N–C) groups is 1. The number of amides is 1. The Labute approximate surface area is 204 Å². The fraction of sp³-hybridized carbons (Fsp3) is 0.652. The van der Waals surface area contributed by atoms with Crippen molar-refractivity contribution in [3.8, 4) is 5.75 Å². The molecule has 0 aromatic heterocycles. The van der Waals surface area contributed by atoms with Gasteiger partial charge in [0, 0.05) is 59.3 Å². The second-order valence-corrected chi connectivity index (χ2v) is 8.30. The number of guanidine groups is 1. The molecule has 1 saturated heterocycles. The first-order chi connectivity index (χ1) is 14.6. The molecule has 1 N–H and O–H groups in total. The van der Waals surface area contributed by atoms with Crippen molar-refractivity contribution in [2.45, 2.75) is 26.2 Å². The van der Waals surface area contributed by atoms with Crippen LogP contribution >= 0.6 is 24.0 Å². The molecule has 1 aliphatic heterocycles. The number of benzene rings is 1. The summed E-state index contributed by atoms with van der Waals surface area (Å²) >= 11 is 0. The monoisotopic (exact) mass is 543 g/mol. The Morgan fingerprint density at radius 3 is 2.55 bits per heavy atom. The van der Waals surface area contributed by atoms with E-state index in [0.717, 1.165) is 75.9 Å². The highest BCUT2D eigenvalue weighted by atomic mass is 127. The van der Waals surface area contributed by atoms with Crippen LogP contribution in [0.3, 0.4) is 0 Å². The molecule has 0 bridgehead atoms. The van der Waals surface area contributed by atoms with Crippen molar-refractivity contribution in [2.24, 2.45) is 10.9 Å². The molecule has 2 aliphatic rings. The minimum Gasteiger partial charge on any atom is -0.491 e. The number of hydrogen-bond acceptors (Lipinski definition) is 4. The molecular weight excluding hydrogens is 505 g/mol. The standard InChI is InChI=1S/C23H37N5O2.HI/c1-19-7-4-5-10-21(19)30-18-17-26(3)23(24-2)25-11-12-27-13-15-28(16-14-27)22(29)20-8-6-9-20;/h4-5,7,10,20H,6,8-9,11-18H2,1-3H3,(H,24,25);1H. The summed E-state index contributed by atoms with van der Waals surface area (Å²) in [4.78, 5) is 23.3. The van der Waals surface area contributed by atoms with Crippen LogP contribution in [0.25, 0.3) is 0 Å². The lowest BCUT2D eigenvalue weighted by Gasteiger charge is -2.38. The number of para-hydroxylation sites is 1. The molecule has 0 radical (unpaired) electrons. The molecule has 7 nitrogen and oxygen atoms in total. The van der Waals surface area contributed by atoms with Gasteiger partial charge in [0.05, 0.1) is 6.54 Å². The van der Waals surface area contributed by atoms with E-state index in [1.807, 2.05) is 32.3 Å². The third-order valence-electron chi connectivity index (χ3n) is 6.20. The zero-order valence-electron chi connectivity index (χ0n) is 19.2. The average Bonchev–Trinajstić information content (AvgIpc) is 2.71. The van der Waals surface area contributed by atoms with E-state index in [1.54, 1.807) is 0 Å². The molecule has 1 amide bonds. The van der Waals surface area contributed by atoms with Crippen molar-refractivity contribution >= 4 is 35.8 Å². The van der Waals surface area contributed by atoms with Crippen LogP contribution in [0.4, 0.5) is 0 Å². The number of carbonyl (C=O) groups excluding carboxylic acids is 1. The highest BCUT2D eigenvalue weighted by Gasteiger charge is 2.31. The highest BCUT2D eigenvalue weighted by Crippen LogP contribution is 2.28. The number of aryl methyl sites for hydroxylation is 1. The minimum atomic E-state index is 0. The van der Waals surface area contributed by atoms with Gasteiger partial charge in [-0.1, -0.05) is 24.6 Å². The van der Waals surface area contributed by atoms with Crippen LogP contribution in [-0.2, 0) is 4.79 Å². The number of nitrogens with one attached hydrogen (secondary N) is 1. The molecule has 174 valence electrons. The molecule has 1 saturated carbocycles. The molecule has 31 heavy (non-hydrogen) atoms. The molecule has 0 spiro atoms. The molecule has 8 heteroatoms. The molecule has 2 fully saturated rings. The zero-order valence-corrected chi connectivity index (χ0v) is 21.5. The van der Waals surface area contributed by atoms with Gasteiger partial charge in [0.15, 0.2) is 5.96 Å². The number of piperazine rings is 1. The van der Waals surface area contributed by atoms with Gasteiger partial charge in [-0.15, -0.1) is 24.0 Å². The van der Waals surface area contributed by atoms with Crippen LogP contribution in [0.15, 0.2) is 29.3 Å². The van der Waals surface area contributed by atoms with Gasteiger partial charge in [0.1, 0.15) is 12.4 Å². The summed E-state index contributed by atoms with van der Waals surface area (Å²) in [5.41, 5.74) is 1.15. The van der Waals surface area contributed by atoms with Gasteiger partial charge in [0.25, 0.3) is 0 Å². The Hall–Kier alpha value is -1.55. The summed E-state index contributed by atoms with van der Waals surface area (Å²) in [5, 5.41) is 3.45. The van der Waals surface area contributed by atoms with Gasteiger partial charge in [-0.3, -0.25) is 14.7 Å². The summed E-state index contributed by atoms with van der Waals surface area (Å²) in [7, 11) is 3.84. The average molecular weight is 543 g/mol. The zero-order chi connectivity index (χ0) is 21.3. The highest BCUT2D eigenvalue weighted by molar-refractivity contribution is 14.0. The lowest BCUT2D eigenvalue weighted by atomic mass is 9.84. The van der Waals surface area contributed by atoms with Gasteiger partial charge in [-0.2, -0.15) is 0 Å². The molecule has 1 aromatic rings. The third kappa shape index (κ3) is 7.52. The van der Waals surface area contributed by atoms with Crippen LogP contribution in [0.5, 0.6) is 5.75 Å². The molecule has 3 rings (SSSR count). The Kier molecular flexibility index (Phi) is 10.9. The van der Waals surface area contributed by atoms with Gasteiger partial charge in [-0.05, 0) is 31.4 Å². The fourth-order valence-electron chi connectivity index (χ4n) is 3.93. The maximum Gasteiger partial charge on any atom is 0.225 e. The Balaban J connectivity index is 0.00000341. The second-order valence-electron chi connectivity index (χ2n) is 8.30. The van der Waals surface area contributed by atoms with E-state index in [0.29, 0.717) is 18.4 Å². The molecule has 0 unspecified atom stereocenters. The SMILES string of the molecule is CN=C(NCCN1CCN(C(=O)C2CCC2)CC1)N(C)CCOc1ccccc1C.I. The molecule has 1 heterocycles. The van der Waals surface area contributed by atoms with Crippen molar-refractivity contribution < 1.29 is 9.53 Å². The van der Waals surface area contributed by atoms with Crippen molar-refractivity contribution in [1.29, 1.82) is 0 Å². The van der Waals surface area contributed by atoms with E-state index in [4.69, 9.17) is 4.74 Å². The third-order valence-corrected chi connectivity index (χ3v) is 6.20. The molecular formula is C23H38IN5O2. The normalized spacial score (nSPS) is 17.5. The van der Waals surface area contributed by atoms with E-state index in [9.17, 15) is 4.79 Å². The van der Waals surface area contributed by atoms with E-state index in [1.165, 1.54) is 6.42 Å². The van der Waals surface area contributed by atoms with Crippen LogP contribution < -0.4 is 10.1 Å². The number of ether oxygens (including phenoxy) is 1. The van der Waals surface area contributed by atoms with E-state index in [2.05, 4.69) is 38.0 Å². The van der Waals surface area contributed by atoms with Crippen LogP contribution in [0, 0.1) is 12.8 Å². The van der Waals surface area contributed by atoms with Crippen LogP contribution in [0.2, 0.25) is 0 Å². The Morgan fingerprint density at radius 2 is 1.94 bits per heavy atom. The maximum absolute atomic E-state index is 12.4. The summed E-state index contributed by atoms with van der Waals surface area (Å²) in [6, 6.07) is 8.08. The van der Waals surface area contributed by atoms with Crippen molar-refractivity contribution in [2.75, 3.05) is 66.5 Å². The Morgan fingerprint density at radius 1 is 1.23 bits per heavy atom. The van der Waals surface area contributed by atoms with Gasteiger partial charge in [-0.25, -0.2) is 0 Å². The molecule has 0 atom stereocenters. The van der Waals surface area contributed by atoms with Gasteiger partial charge >= 0.3 is 0 Å². The van der Waals surface area contributed by atoms with Crippen LogP contribution in [-0.4, -0.2) is 93.1 Å². The van der Waals surface area contributed by atoms with E-state index >= 15 is 0 Å². The number of rotatable bonds is 8. The van der Waals surface area contributed by atoms with Gasteiger partial charge in [0.2, 0.25) is 5.91 Å². The number of likely N-dealkylation sites (N-methyl/N-ethyl adjacent to an activating group) is 1. The molecule has 1 aliphatic carbocycles. The summed E-state index contributed by atoms with van der Waals surface area (Å²) in [5.74, 6) is 2.51. The van der Waals surface area contributed by atoms with Gasteiger partial charge < -0.3 is 19.9 Å². The fourth-order valence-corrected chi connectivity index (χ4v) is 3.93. The number of halogens is 1. The summed E-state index contributed by atoms with van der Waals surface area (Å²) < 4.78 is 5.90. The maximum atomic E-state index is 12.4. The van der Waals surface area contributed by atoms with E-state index < -0.39 is 0 Å². The lowest BCUT2D eigenvalue weighted by Crippen LogP contribution is -2.52. The van der Waals surface area contributed by atoms with E-state index in [-0.39, 0.29) is 24.0 Å². The lowest BCUT2D eigenvalue weighted by molar-refractivity contribution is -0.139. The predicted molar refractivity (Wildman–Crippen MR) is 136 cm³/mol. The van der Waals surface area contributed by atoms with Crippen molar-refractivity contribution in [3.63, 3.8) is 0 Å². The minimum absolute atomic E-state index is 0. The number of carbonyl (C=O) groups is 1. The first-order valence-electron chi connectivity index (χ1n) is 11.2. The Bertz CT molecular complexity index is 718. The second kappa shape index (κ2) is 13.1. The number of hydrogen-bond donors (Lipinski definition) is 1. The van der Waals surface area contributed by atoms with Crippen molar-refractivity contribution in [1.82, 2.24) is 20.0 Å². The van der Waals surface area contributed by atoms with Crippen molar-refractivity contribution in [3.05, 3.63) is 29.8 Å². The summed E-state index contributed by atoms with van der Waals surface area (Å²) in [6.07, 6.45) is 3.40. The van der Waals surface area contributed by atoms with Crippen LogP contribution in [0.1, 0.15) is 24.8 Å². The predicted octanol–water partition coefficient (Wildman–Crippen LogP) is 2.44. The molecule has 1 aromatic carbocycles. The first-order valence-corrected chi connectivity index (χ1v) is 11.2. The first kappa shape index (κ1) is 25.7. The smallest absolute Gasteiger partial charge is 0.225 e. The largest absolute Gasteiger partial charge is 0.491 e. The quantitative estimate of drug-likeness (QED) is 0.310.